The lowest BCUT2D eigenvalue weighted by atomic mass is 10.2. The molecule has 1 amide bonds. The Morgan fingerprint density at radius 2 is 1.94 bits per heavy atom. The number of thiophene rings is 1. The molecule has 4 rings (SSSR count). The third-order valence-corrected chi connectivity index (χ3v) is 8.38. The number of aromatic nitrogens is 1. The maximum Gasteiger partial charge on any atom is 0.269 e. The minimum absolute atomic E-state index is 0.0441. The van der Waals surface area contributed by atoms with E-state index in [9.17, 15) is 13.2 Å². The summed E-state index contributed by atoms with van der Waals surface area (Å²) in [6, 6.07) is 11.3. The summed E-state index contributed by atoms with van der Waals surface area (Å²) in [5, 5.41) is 8.51. The average Bonchev–Trinajstić information content (AvgIpc) is 3.41. The Labute approximate surface area is 207 Å². The van der Waals surface area contributed by atoms with Gasteiger partial charge in [-0.1, -0.05) is 11.6 Å². The largest absolute Gasteiger partial charge is 0.497 e. The fourth-order valence-corrected chi connectivity index (χ4v) is 6.25. The van der Waals surface area contributed by atoms with E-state index in [2.05, 4.69) is 20.3 Å². The second-order valence-corrected chi connectivity index (χ2v) is 10.9. The molecular weight excluding hydrogens is 524 g/mol. The summed E-state index contributed by atoms with van der Waals surface area (Å²) in [4.78, 5) is 17.0. The van der Waals surface area contributed by atoms with E-state index in [0.717, 1.165) is 10.1 Å². The van der Waals surface area contributed by atoms with Crippen LogP contribution in [0.25, 0.3) is 10.1 Å². The third-order valence-electron chi connectivity index (χ3n) is 4.35. The van der Waals surface area contributed by atoms with E-state index in [1.54, 1.807) is 30.7 Å². The molecule has 0 fully saturated rings. The van der Waals surface area contributed by atoms with Crippen LogP contribution in [-0.2, 0) is 10.0 Å². The number of fused-ring (bicyclic) bond motifs is 1. The van der Waals surface area contributed by atoms with Gasteiger partial charge in [-0.05, 0) is 54.7 Å². The molecule has 2 aromatic carbocycles. The van der Waals surface area contributed by atoms with E-state index in [-0.39, 0.29) is 15.1 Å². The summed E-state index contributed by atoms with van der Waals surface area (Å²) >= 11 is 14.0. The molecule has 8 nitrogen and oxygen atoms in total. The monoisotopic (exact) mass is 538 g/mol. The van der Waals surface area contributed by atoms with Crippen LogP contribution in [0.3, 0.4) is 0 Å². The van der Waals surface area contributed by atoms with Crippen LogP contribution in [0, 0.1) is 0 Å². The maximum absolute atomic E-state index is 12.7. The zero-order chi connectivity index (χ0) is 23.6. The molecule has 13 heteroatoms. The minimum Gasteiger partial charge on any atom is -0.497 e. The number of methoxy groups -OCH3 is 1. The van der Waals surface area contributed by atoms with Crippen LogP contribution in [-0.4, -0.2) is 31.5 Å². The normalized spacial score (nSPS) is 11.2. The summed E-state index contributed by atoms with van der Waals surface area (Å²) in [6.45, 7) is 0. The number of anilines is 2. The molecule has 2 heterocycles. The highest BCUT2D eigenvalue weighted by Gasteiger charge is 2.19. The smallest absolute Gasteiger partial charge is 0.269 e. The van der Waals surface area contributed by atoms with Gasteiger partial charge in [-0.3, -0.25) is 14.8 Å². The van der Waals surface area contributed by atoms with Crippen molar-refractivity contribution in [1.82, 2.24) is 10.3 Å². The number of thiocarbonyl (C=S) groups is 1. The lowest BCUT2D eigenvalue weighted by molar-refractivity contribution is 0.0982. The number of hydrogen-bond donors (Lipinski definition) is 3. The molecule has 170 valence electrons. The van der Waals surface area contributed by atoms with Crippen LogP contribution >= 0.6 is 46.5 Å². The van der Waals surface area contributed by atoms with Crippen LogP contribution in [0.2, 0.25) is 5.02 Å². The van der Waals surface area contributed by atoms with Gasteiger partial charge in [0, 0.05) is 27.4 Å². The van der Waals surface area contributed by atoms with E-state index >= 15 is 0 Å². The Kier molecular flexibility index (Phi) is 6.81. The van der Waals surface area contributed by atoms with E-state index in [1.807, 2.05) is 0 Å². The van der Waals surface area contributed by atoms with E-state index < -0.39 is 15.9 Å². The molecule has 0 aliphatic heterocycles. The molecule has 0 bridgehead atoms. The van der Waals surface area contributed by atoms with Gasteiger partial charge in [0.2, 0.25) is 0 Å². The van der Waals surface area contributed by atoms with Gasteiger partial charge in [-0.2, -0.15) is 0 Å². The number of ether oxygens (including phenoxy) is 1. The fraction of sp³-hybridized carbons (Fsp3) is 0.0500. The lowest BCUT2D eigenvalue weighted by Gasteiger charge is -2.10. The second-order valence-electron chi connectivity index (χ2n) is 6.48. The number of carbonyl (C=O) groups is 1. The highest BCUT2D eigenvalue weighted by Crippen LogP contribution is 2.37. The molecule has 33 heavy (non-hydrogen) atoms. The van der Waals surface area contributed by atoms with E-state index in [1.165, 1.54) is 53.1 Å². The van der Waals surface area contributed by atoms with Crippen LogP contribution in [0.4, 0.5) is 10.8 Å². The van der Waals surface area contributed by atoms with Crippen molar-refractivity contribution < 1.29 is 17.9 Å². The first-order valence-corrected chi connectivity index (χ1v) is 13.1. The Balaban J connectivity index is 1.42. The number of nitrogens with one attached hydrogen (secondary N) is 3. The molecular formula is C20H15ClN4O4S4. The van der Waals surface area contributed by atoms with E-state index in [4.69, 9.17) is 28.6 Å². The van der Waals surface area contributed by atoms with Crippen LogP contribution in [0.5, 0.6) is 5.75 Å². The first-order chi connectivity index (χ1) is 15.8. The van der Waals surface area contributed by atoms with Gasteiger partial charge in [0.05, 0.1) is 17.0 Å². The summed E-state index contributed by atoms with van der Waals surface area (Å²) in [7, 11) is -2.20. The summed E-state index contributed by atoms with van der Waals surface area (Å²) < 4.78 is 33.2. The zero-order valence-corrected chi connectivity index (χ0v) is 20.8. The van der Waals surface area contributed by atoms with Crippen molar-refractivity contribution in [2.75, 3.05) is 17.1 Å². The molecule has 0 unspecified atom stereocenters. The highest BCUT2D eigenvalue weighted by molar-refractivity contribution is 7.93. The molecule has 0 aliphatic rings. The van der Waals surface area contributed by atoms with Crippen molar-refractivity contribution in [2.45, 2.75) is 4.90 Å². The molecule has 0 spiro atoms. The van der Waals surface area contributed by atoms with Gasteiger partial charge in [0.15, 0.2) is 10.2 Å². The standard InChI is InChI=1S/C20H15ClN4O4S4/c1-29-12-4-7-14-15(10-12)32-17(16(14)21)18(26)24-19(30)23-11-2-5-13(6-3-11)33(27,28)25-20-22-8-9-31-20/h2-10H,1H3,(H,22,25)(H2,23,24,26,30). The SMILES string of the molecule is COc1ccc2c(Cl)c(C(=O)NC(=S)Nc3ccc(S(=O)(=O)Nc4nccs4)cc3)sc2c1. The predicted molar refractivity (Wildman–Crippen MR) is 136 cm³/mol. The molecule has 4 aromatic rings. The van der Waals surface area contributed by atoms with Crippen molar-refractivity contribution in [2.24, 2.45) is 0 Å². The number of thiazole rings is 1. The summed E-state index contributed by atoms with van der Waals surface area (Å²) in [5.41, 5.74) is 0.501. The zero-order valence-electron chi connectivity index (χ0n) is 16.8. The van der Waals surface area contributed by atoms with Crippen molar-refractivity contribution >= 4 is 88.4 Å². The molecule has 0 saturated carbocycles. The Morgan fingerprint density at radius 1 is 1.18 bits per heavy atom. The number of benzene rings is 2. The number of nitrogens with zero attached hydrogens (tertiary/aromatic N) is 1. The quantitative estimate of drug-likeness (QED) is 0.298. The van der Waals surface area contributed by atoms with Gasteiger partial charge in [0.25, 0.3) is 15.9 Å². The predicted octanol–water partition coefficient (Wildman–Crippen LogP) is 4.95. The highest BCUT2D eigenvalue weighted by atomic mass is 35.5. The molecule has 3 N–H and O–H groups in total. The van der Waals surface area contributed by atoms with Crippen molar-refractivity contribution in [3.05, 3.63) is 63.9 Å². The number of rotatable bonds is 6. The molecule has 0 saturated heterocycles. The number of carbonyl (C=O) groups excluding carboxylic acids is 1. The fourth-order valence-electron chi connectivity index (χ4n) is 2.81. The number of halogens is 1. The van der Waals surface area contributed by atoms with E-state index in [0.29, 0.717) is 21.3 Å². The maximum atomic E-state index is 12.7. The van der Waals surface area contributed by atoms with Gasteiger partial charge in [-0.15, -0.1) is 22.7 Å². The Morgan fingerprint density at radius 3 is 2.61 bits per heavy atom. The molecule has 0 radical (unpaired) electrons. The van der Waals surface area contributed by atoms with Crippen LogP contribution < -0.4 is 20.1 Å². The lowest BCUT2D eigenvalue weighted by Crippen LogP contribution is -2.33. The summed E-state index contributed by atoms with van der Waals surface area (Å²) in [5.74, 6) is 0.210. The number of hydrogen-bond acceptors (Lipinski definition) is 8. The molecule has 0 aliphatic carbocycles. The van der Waals surface area contributed by atoms with Crippen LogP contribution in [0.15, 0.2) is 58.9 Å². The topological polar surface area (TPSA) is 109 Å². The van der Waals surface area contributed by atoms with Gasteiger partial charge < -0.3 is 10.1 Å². The minimum atomic E-state index is -3.76. The van der Waals surface area contributed by atoms with Crippen molar-refractivity contribution in [1.29, 1.82) is 0 Å². The molecule has 0 atom stereocenters. The van der Waals surface area contributed by atoms with Crippen LogP contribution in [0.1, 0.15) is 9.67 Å². The van der Waals surface area contributed by atoms with Gasteiger partial charge >= 0.3 is 0 Å². The van der Waals surface area contributed by atoms with Crippen molar-refractivity contribution in [3.63, 3.8) is 0 Å². The Hall–Kier alpha value is -2.77. The first-order valence-electron chi connectivity index (χ1n) is 9.17. The van der Waals surface area contributed by atoms with Gasteiger partial charge in [0.1, 0.15) is 10.6 Å². The third kappa shape index (κ3) is 5.25. The van der Waals surface area contributed by atoms with Gasteiger partial charge in [-0.25, -0.2) is 13.4 Å². The Bertz CT molecular complexity index is 1440. The number of sulfonamides is 1. The number of amides is 1. The average molecular weight is 539 g/mol. The summed E-state index contributed by atoms with van der Waals surface area (Å²) in [6.07, 6.45) is 1.51. The molecule has 2 aromatic heterocycles. The first kappa shape index (κ1) is 23.4. The second kappa shape index (κ2) is 9.61. The van der Waals surface area contributed by atoms with Crippen molar-refractivity contribution in [3.8, 4) is 5.75 Å².